The molecule has 40 heavy (non-hydrogen) atoms. The van der Waals surface area contributed by atoms with Crippen LogP contribution in [0.2, 0.25) is 0 Å². The van der Waals surface area contributed by atoms with Crippen LogP contribution in [0.4, 0.5) is 0 Å². The third-order valence-corrected chi connectivity index (χ3v) is 9.90. The number of hydrogen-bond donors (Lipinski definition) is 2. The first-order valence-electron chi connectivity index (χ1n) is 16.7. The molecule has 2 amide bonds. The van der Waals surface area contributed by atoms with Gasteiger partial charge in [0.1, 0.15) is 0 Å². The second-order valence-electron chi connectivity index (χ2n) is 14.4. The fourth-order valence-corrected chi connectivity index (χ4v) is 6.12. The lowest BCUT2D eigenvalue weighted by Gasteiger charge is -2.31. The van der Waals surface area contributed by atoms with Gasteiger partial charge in [0.15, 0.2) is 0 Å². The molecule has 2 N–H and O–H groups in total. The molecule has 2 unspecified atom stereocenters. The highest BCUT2D eigenvalue weighted by Gasteiger charge is 2.25. The minimum Gasteiger partial charge on any atom is -0.356 e. The zero-order valence-corrected chi connectivity index (χ0v) is 28.2. The number of rotatable bonds is 4. The third kappa shape index (κ3) is 15.2. The number of nitrogens with one attached hydrogen (secondary N) is 2. The van der Waals surface area contributed by atoms with Crippen molar-refractivity contribution in [3.05, 3.63) is 0 Å². The summed E-state index contributed by atoms with van der Waals surface area (Å²) in [5.74, 6) is 6.88. The van der Waals surface area contributed by atoms with Crippen LogP contribution in [0.3, 0.4) is 0 Å². The predicted molar refractivity (Wildman–Crippen MR) is 171 cm³/mol. The van der Waals surface area contributed by atoms with Crippen LogP contribution in [0, 0.1) is 47.3 Å². The maximum Gasteiger partial charge on any atom is 0.222 e. The van der Waals surface area contributed by atoms with E-state index in [1.54, 1.807) is 0 Å². The van der Waals surface area contributed by atoms with E-state index in [0.717, 1.165) is 56.0 Å². The summed E-state index contributed by atoms with van der Waals surface area (Å²) >= 11 is 0. The van der Waals surface area contributed by atoms with Crippen LogP contribution in [-0.2, 0) is 9.59 Å². The van der Waals surface area contributed by atoms with Crippen molar-refractivity contribution in [2.45, 2.75) is 107 Å². The summed E-state index contributed by atoms with van der Waals surface area (Å²) in [6, 6.07) is 0. The Morgan fingerprint density at radius 1 is 0.575 bits per heavy atom. The Balaban J connectivity index is 0.000000267. The van der Waals surface area contributed by atoms with E-state index in [4.69, 9.17) is 0 Å². The zero-order valence-electron chi connectivity index (χ0n) is 28.2. The molecule has 4 fully saturated rings. The molecule has 236 valence electrons. The molecule has 2 atom stereocenters. The average molecular weight is 565 g/mol. The molecule has 0 spiro atoms. The van der Waals surface area contributed by atoms with Gasteiger partial charge in [-0.05, 0) is 119 Å². The topological polar surface area (TPSA) is 64.7 Å². The SMILES string of the molecule is CC(C)C1CCN(C)C(=O)C1.CC(C)C1CCN(C)CC1.CC(C)C1CCNC(=O)C1.CC(C)C1CCNCC1. The summed E-state index contributed by atoms with van der Waals surface area (Å²) in [4.78, 5) is 26.4. The molecule has 0 aromatic heterocycles. The molecule has 0 saturated carbocycles. The van der Waals surface area contributed by atoms with Gasteiger partial charge in [0.2, 0.25) is 11.8 Å². The Bertz CT molecular complexity index is 679. The smallest absolute Gasteiger partial charge is 0.222 e. The first kappa shape index (κ1) is 36.9. The molecule has 6 heteroatoms. The summed E-state index contributed by atoms with van der Waals surface area (Å²) in [5, 5.41) is 6.20. The minimum atomic E-state index is 0.227. The molecule has 4 saturated heterocycles. The third-order valence-electron chi connectivity index (χ3n) is 9.90. The van der Waals surface area contributed by atoms with E-state index in [9.17, 15) is 9.59 Å². The standard InChI is InChI=1S/C9H17NO.C9H19N.C8H15NO.C8H17N/c1-7(2)8-4-5-10(3)9(11)6-8;1-8(2)9-4-6-10(3)7-5-9;1-6(2)7-3-4-9-8(10)5-7;1-7(2)8-3-5-9-6-4-8/h7-8H,4-6H2,1-3H3;8-9H,4-7H2,1-3H3;6-7H,3-5H2,1-2H3,(H,9,10);7-9H,3-6H2,1-2H3. The highest BCUT2D eigenvalue weighted by molar-refractivity contribution is 5.77. The quantitative estimate of drug-likeness (QED) is 0.420. The van der Waals surface area contributed by atoms with Crippen LogP contribution < -0.4 is 10.6 Å². The Kier molecular flexibility index (Phi) is 18.3. The summed E-state index contributed by atoms with van der Waals surface area (Å²) < 4.78 is 0. The molecule has 0 bridgehead atoms. The van der Waals surface area contributed by atoms with E-state index >= 15 is 0 Å². The van der Waals surface area contributed by atoms with Gasteiger partial charge in [-0.3, -0.25) is 9.59 Å². The fourth-order valence-electron chi connectivity index (χ4n) is 6.12. The van der Waals surface area contributed by atoms with Crippen LogP contribution in [0.1, 0.15) is 107 Å². The van der Waals surface area contributed by atoms with Crippen LogP contribution in [0.25, 0.3) is 0 Å². The highest BCUT2D eigenvalue weighted by Crippen LogP contribution is 2.25. The van der Waals surface area contributed by atoms with Gasteiger partial charge in [0, 0.05) is 33.0 Å². The molecule has 0 aromatic rings. The lowest BCUT2D eigenvalue weighted by Crippen LogP contribution is -2.37. The molecule has 6 nitrogen and oxygen atoms in total. The van der Waals surface area contributed by atoms with E-state index < -0.39 is 0 Å². The van der Waals surface area contributed by atoms with Gasteiger partial charge >= 0.3 is 0 Å². The van der Waals surface area contributed by atoms with Gasteiger partial charge in [0.25, 0.3) is 0 Å². The van der Waals surface area contributed by atoms with Gasteiger partial charge in [0.05, 0.1) is 0 Å². The number of carbonyl (C=O) groups is 2. The fraction of sp³-hybridized carbons (Fsp3) is 0.941. The van der Waals surface area contributed by atoms with Crippen molar-refractivity contribution in [2.75, 3.05) is 53.4 Å². The molecule has 4 rings (SSSR count). The lowest BCUT2D eigenvalue weighted by molar-refractivity contribution is -0.134. The second kappa shape index (κ2) is 19.9. The van der Waals surface area contributed by atoms with E-state index in [1.807, 2.05) is 11.9 Å². The van der Waals surface area contributed by atoms with Gasteiger partial charge < -0.3 is 20.4 Å². The van der Waals surface area contributed by atoms with Gasteiger partial charge in [-0.1, -0.05) is 55.4 Å². The number of amides is 2. The maximum absolute atomic E-state index is 11.2. The molecule has 0 aliphatic carbocycles. The van der Waals surface area contributed by atoms with Crippen molar-refractivity contribution in [1.82, 2.24) is 20.4 Å². The summed E-state index contributed by atoms with van der Waals surface area (Å²) in [5.41, 5.74) is 0. The molecular formula is C34H68N4O2. The number of hydrogen-bond acceptors (Lipinski definition) is 4. The van der Waals surface area contributed by atoms with Gasteiger partial charge in [-0.2, -0.15) is 0 Å². The molecule has 4 heterocycles. The molecule has 4 aliphatic rings. The largest absolute Gasteiger partial charge is 0.356 e. The number of carbonyl (C=O) groups excluding carboxylic acids is 2. The van der Waals surface area contributed by atoms with E-state index in [2.05, 4.69) is 78.0 Å². The number of nitrogens with zero attached hydrogens (tertiary/aromatic N) is 2. The second-order valence-corrected chi connectivity index (χ2v) is 14.4. The highest BCUT2D eigenvalue weighted by atomic mass is 16.2. The Morgan fingerprint density at radius 2 is 1.00 bits per heavy atom. The first-order valence-corrected chi connectivity index (χ1v) is 16.7. The Hall–Kier alpha value is -1.14. The number of likely N-dealkylation sites (tertiary alicyclic amines) is 2. The maximum atomic E-state index is 11.2. The Labute approximate surface area is 249 Å². The lowest BCUT2D eigenvalue weighted by atomic mass is 9.86. The van der Waals surface area contributed by atoms with Crippen molar-refractivity contribution < 1.29 is 9.59 Å². The van der Waals surface area contributed by atoms with Crippen LogP contribution in [-0.4, -0.2) is 75.0 Å². The van der Waals surface area contributed by atoms with Crippen molar-refractivity contribution in [1.29, 1.82) is 0 Å². The van der Waals surface area contributed by atoms with Crippen molar-refractivity contribution in [3.63, 3.8) is 0 Å². The summed E-state index contributed by atoms with van der Waals surface area (Å²) in [6.45, 7) is 25.0. The molecule has 0 radical (unpaired) electrons. The Morgan fingerprint density at radius 3 is 1.40 bits per heavy atom. The minimum absolute atomic E-state index is 0.227. The first-order chi connectivity index (χ1) is 18.8. The normalized spacial score (nSPS) is 25.1. The van der Waals surface area contributed by atoms with Crippen LogP contribution in [0.15, 0.2) is 0 Å². The average Bonchev–Trinajstić information content (AvgIpc) is 2.92. The predicted octanol–water partition coefficient (Wildman–Crippen LogP) is 6.31. The van der Waals surface area contributed by atoms with E-state index in [0.29, 0.717) is 29.6 Å². The molecule has 4 aliphatic heterocycles. The van der Waals surface area contributed by atoms with Crippen molar-refractivity contribution in [2.24, 2.45) is 47.3 Å². The zero-order chi connectivity index (χ0) is 30.2. The number of piperidine rings is 4. The van der Waals surface area contributed by atoms with Gasteiger partial charge in [-0.25, -0.2) is 0 Å². The summed E-state index contributed by atoms with van der Waals surface area (Å²) in [7, 11) is 4.11. The van der Waals surface area contributed by atoms with E-state index in [-0.39, 0.29) is 5.91 Å². The van der Waals surface area contributed by atoms with E-state index in [1.165, 1.54) is 58.3 Å². The van der Waals surface area contributed by atoms with Gasteiger partial charge in [-0.15, -0.1) is 0 Å². The van der Waals surface area contributed by atoms with Crippen molar-refractivity contribution in [3.8, 4) is 0 Å². The molecule has 0 aromatic carbocycles. The molecular weight excluding hydrogens is 496 g/mol. The van der Waals surface area contributed by atoms with Crippen molar-refractivity contribution >= 4 is 11.8 Å². The summed E-state index contributed by atoms with van der Waals surface area (Å²) in [6.07, 6.45) is 9.42. The monoisotopic (exact) mass is 565 g/mol. The van der Waals surface area contributed by atoms with Crippen LogP contribution >= 0.6 is 0 Å². The van der Waals surface area contributed by atoms with Crippen LogP contribution in [0.5, 0.6) is 0 Å².